The molecule has 2 unspecified atom stereocenters. The van der Waals surface area contributed by atoms with E-state index in [2.05, 4.69) is 148 Å². The Labute approximate surface area is 568 Å². The topological polar surface area (TPSA) is 108 Å². The quantitative estimate of drug-likeness (QED) is 0.0211. The predicted octanol–water partition coefficient (Wildman–Crippen LogP) is 25.2. The van der Waals surface area contributed by atoms with Gasteiger partial charge in [0.15, 0.2) is 6.10 Å². The van der Waals surface area contributed by atoms with Gasteiger partial charge in [-0.05, 0) is 116 Å². The van der Waals surface area contributed by atoms with Crippen LogP contribution in [0.1, 0.15) is 322 Å². The molecule has 9 nitrogen and oxygen atoms in total. The Kier molecular flexibility index (Phi) is 68.5. The molecule has 0 bridgehead atoms. The maximum Gasteiger partial charge on any atom is 0.472 e. The lowest BCUT2D eigenvalue weighted by atomic mass is 10.0. The highest BCUT2D eigenvalue weighted by molar-refractivity contribution is 7.47. The first-order valence-electron chi connectivity index (χ1n) is 37.9. The average Bonchev–Trinajstić information content (AvgIpc) is 2.14. The van der Waals surface area contributed by atoms with E-state index in [1.165, 1.54) is 193 Å². The molecule has 0 rings (SSSR count). The van der Waals surface area contributed by atoms with Gasteiger partial charge >= 0.3 is 19.8 Å². The Morgan fingerprint density at radius 2 is 0.620 bits per heavy atom. The normalized spacial score (nSPS) is 13.8. The SMILES string of the molecule is CC/C=C\C/C=C\C/C=C\C/C=C\C/C=C\C/C=C\C/C=C\C/C=C\CCCCC(=O)OC(COC(=O)CCCCCCCCCCCCCCCCCCCCCCCCCCCC/C=C\C/C=C\C/C=C\CCCCCCC)COP(=O)(O)OCC[N+](C)(C)C. The van der Waals surface area contributed by atoms with Gasteiger partial charge in [-0.1, -0.05) is 327 Å². The van der Waals surface area contributed by atoms with Crippen LogP contribution in [0.4, 0.5) is 0 Å². The minimum absolute atomic E-state index is 0.0177. The number of quaternary nitrogens is 1. The highest BCUT2D eigenvalue weighted by Crippen LogP contribution is 2.43. The number of ether oxygens (including phenoxy) is 2. The van der Waals surface area contributed by atoms with Crippen LogP contribution in [0.5, 0.6) is 0 Å². The Morgan fingerprint density at radius 3 is 0.946 bits per heavy atom. The van der Waals surface area contributed by atoms with Crippen molar-refractivity contribution in [2.75, 3.05) is 47.5 Å². The van der Waals surface area contributed by atoms with Crippen molar-refractivity contribution in [1.82, 2.24) is 0 Å². The van der Waals surface area contributed by atoms with Crippen molar-refractivity contribution in [2.45, 2.75) is 328 Å². The number of unbranched alkanes of at least 4 members (excludes halogenated alkanes) is 33. The van der Waals surface area contributed by atoms with Crippen LogP contribution in [0.2, 0.25) is 0 Å². The number of hydrogen-bond donors (Lipinski definition) is 1. The predicted molar refractivity (Wildman–Crippen MR) is 399 cm³/mol. The Balaban J connectivity index is 4.01. The summed E-state index contributed by atoms with van der Waals surface area (Å²) < 4.78 is 34.7. The summed E-state index contributed by atoms with van der Waals surface area (Å²) in [4.78, 5) is 35.9. The largest absolute Gasteiger partial charge is 0.472 e. The summed E-state index contributed by atoms with van der Waals surface area (Å²) in [6.45, 7) is 4.27. The Morgan fingerprint density at radius 1 is 0.348 bits per heavy atom. The molecule has 2 atom stereocenters. The maximum atomic E-state index is 12.9. The Bertz CT molecular complexity index is 2020. The van der Waals surface area contributed by atoms with Gasteiger partial charge in [-0.2, -0.15) is 0 Å². The lowest BCUT2D eigenvalue weighted by Crippen LogP contribution is -2.37. The average molecular weight is 1300 g/mol. The second-order valence-corrected chi connectivity index (χ2v) is 27.8. The second-order valence-electron chi connectivity index (χ2n) is 26.3. The molecular formula is C82H143NO8P+. The van der Waals surface area contributed by atoms with Crippen molar-refractivity contribution in [3.05, 3.63) is 134 Å². The van der Waals surface area contributed by atoms with E-state index >= 15 is 0 Å². The second kappa shape index (κ2) is 71.4. The van der Waals surface area contributed by atoms with Gasteiger partial charge in [0.2, 0.25) is 0 Å². The van der Waals surface area contributed by atoms with E-state index in [-0.39, 0.29) is 32.0 Å². The van der Waals surface area contributed by atoms with Crippen molar-refractivity contribution >= 4 is 19.8 Å². The first-order valence-corrected chi connectivity index (χ1v) is 39.4. The number of phosphoric ester groups is 1. The van der Waals surface area contributed by atoms with Gasteiger partial charge in [0.05, 0.1) is 27.7 Å². The zero-order valence-electron chi connectivity index (χ0n) is 60.2. The van der Waals surface area contributed by atoms with E-state index in [0.29, 0.717) is 17.4 Å². The standard InChI is InChI=1S/C82H142NO8P/c1-6-8-10-12-14-16-18-20-22-24-26-28-30-32-34-35-36-37-38-39-40-41-42-43-44-45-46-47-49-50-52-54-56-58-60-62-64-66-68-70-72-74-81(84)88-78-80(79-90-92(86,87)89-77-76-83(3,4)5)91-82(85)75-73-71-69-67-65-63-61-59-57-55-53-51-48-33-31-29-27-25-23-21-19-17-15-13-11-9-7-2/h9,11,15,17-18,20-21,23-24,26-27,29-30,32-33,48,53,55,59,61,65,67,80H,6-8,10,12-14,16,19,22,25,28,31,34-47,49-52,54,56-58,60,62-64,66,68-79H2,1-5H3/p+1/b11-9-,17-15-,20-18-,23-21-,26-24-,29-27-,32-30-,48-33-,55-53-,61-59-,67-65-. The highest BCUT2D eigenvalue weighted by Gasteiger charge is 2.27. The van der Waals surface area contributed by atoms with Crippen molar-refractivity contribution in [2.24, 2.45) is 0 Å². The van der Waals surface area contributed by atoms with Gasteiger partial charge in [0.25, 0.3) is 0 Å². The number of carbonyl (C=O) groups is 2. The number of phosphoric acid groups is 1. The molecular weight excluding hydrogens is 1160 g/mol. The van der Waals surface area contributed by atoms with Crippen LogP contribution >= 0.6 is 7.82 Å². The fraction of sp³-hybridized carbons (Fsp3) is 0.707. The molecule has 0 aliphatic carbocycles. The van der Waals surface area contributed by atoms with Gasteiger partial charge in [-0.3, -0.25) is 18.6 Å². The molecule has 0 aromatic rings. The van der Waals surface area contributed by atoms with Crippen LogP contribution in [-0.2, 0) is 32.7 Å². The van der Waals surface area contributed by atoms with E-state index in [0.717, 1.165) is 96.3 Å². The monoisotopic (exact) mass is 1300 g/mol. The zero-order chi connectivity index (χ0) is 66.9. The molecule has 0 amide bonds. The maximum absolute atomic E-state index is 12.9. The molecule has 0 saturated heterocycles. The molecule has 0 heterocycles. The third-order valence-electron chi connectivity index (χ3n) is 16.2. The lowest BCUT2D eigenvalue weighted by Gasteiger charge is -2.24. The summed E-state index contributed by atoms with van der Waals surface area (Å²) in [7, 11) is 1.44. The number of nitrogens with zero attached hydrogens (tertiary/aromatic N) is 1. The summed E-state index contributed by atoms with van der Waals surface area (Å²) in [5, 5.41) is 0. The molecule has 0 radical (unpaired) electrons. The van der Waals surface area contributed by atoms with E-state index in [4.69, 9.17) is 18.5 Å². The summed E-state index contributed by atoms with van der Waals surface area (Å²) in [6, 6.07) is 0. The fourth-order valence-electron chi connectivity index (χ4n) is 10.4. The molecule has 92 heavy (non-hydrogen) atoms. The molecule has 0 aliphatic rings. The molecule has 0 spiro atoms. The van der Waals surface area contributed by atoms with Crippen molar-refractivity contribution in [3.8, 4) is 0 Å². The summed E-state index contributed by atoms with van der Waals surface area (Å²) >= 11 is 0. The van der Waals surface area contributed by atoms with Gasteiger partial charge in [0, 0.05) is 12.8 Å². The third kappa shape index (κ3) is 75.2. The lowest BCUT2D eigenvalue weighted by molar-refractivity contribution is -0.870. The number of carbonyl (C=O) groups excluding carboxylic acids is 2. The van der Waals surface area contributed by atoms with Crippen LogP contribution in [-0.4, -0.2) is 74.9 Å². The van der Waals surface area contributed by atoms with Crippen LogP contribution in [0.15, 0.2) is 134 Å². The number of hydrogen-bond acceptors (Lipinski definition) is 7. The van der Waals surface area contributed by atoms with Crippen LogP contribution in [0.25, 0.3) is 0 Å². The first kappa shape index (κ1) is 88.2. The smallest absolute Gasteiger partial charge is 0.462 e. The Hall–Kier alpha value is -3.85. The molecule has 0 aliphatic heterocycles. The highest BCUT2D eigenvalue weighted by atomic mass is 31.2. The number of esters is 2. The van der Waals surface area contributed by atoms with Gasteiger partial charge in [0.1, 0.15) is 19.8 Å². The third-order valence-corrected chi connectivity index (χ3v) is 17.1. The van der Waals surface area contributed by atoms with Gasteiger partial charge in [-0.15, -0.1) is 0 Å². The minimum Gasteiger partial charge on any atom is -0.462 e. The summed E-state index contributed by atoms with van der Waals surface area (Å²) in [5.74, 6) is -0.846. The van der Waals surface area contributed by atoms with Crippen molar-refractivity contribution < 1.29 is 42.1 Å². The fourth-order valence-corrected chi connectivity index (χ4v) is 11.1. The van der Waals surface area contributed by atoms with Crippen molar-refractivity contribution in [3.63, 3.8) is 0 Å². The zero-order valence-corrected chi connectivity index (χ0v) is 61.1. The number of allylic oxidation sites excluding steroid dienone is 22. The summed E-state index contributed by atoms with van der Waals surface area (Å²) in [5.41, 5.74) is 0. The van der Waals surface area contributed by atoms with Crippen LogP contribution in [0.3, 0.4) is 0 Å². The van der Waals surface area contributed by atoms with E-state index in [1.807, 2.05) is 21.1 Å². The number of likely N-dealkylation sites (N-methyl/N-ethyl adjacent to an activating group) is 1. The van der Waals surface area contributed by atoms with Crippen LogP contribution in [0, 0.1) is 0 Å². The van der Waals surface area contributed by atoms with E-state index < -0.39 is 26.5 Å². The molecule has 1 N–H and O–H groups in total. The molecule has 0 fully saturated rings. The summed E-state index contributed by atoms with van der Waals surface area (Å²) in [6.07, 6.45) is 105. The molecule has 0 aromatic carbocycles. The van der Waals surface area contributed by atoms with E-state index in [1.54, 1.807) is 0 Å². The molecule has 528 valence electrons. The van der Waals surface area contributed by atoms with Crippen LogP contribution < -0.4 is 0 Å². The minimum atomic E-state index is -4.41. The van der Waals surface area contributed by atoms with Gasteiger partial charge < -0.3 is 18.9 Å². The molecule has 0 saturated carbocycles. The first-order chi connectivity index (χ1) is 45.0. The van der Waals surface area contributed by atoms with E-state index in [9.17, 15) is 19.0 Å². The van der Waals surface area contributed by atoms with Gasteiger partial charge in [-0.25, -0.2) is 4.57 Å². The van der Waals surface area contributed by atoms with Crippen molar-refractivity contribution in [1.29, 1.82) is 0 Å². The molecule has 10 heteroatoms. The number of rotatable bonds is 69. The molecule has 0 aromatic heterocycles.